The Morgan fingerprint density at radius 3 is 2.71 bits per heavy atom. The maximum atomic E-state index is 6.37. The Balaban J connectivity index is 2.33. The molecule has 0 aliphatic rings. The third-order valence-corrected chi connectivity index (χ3v) is 5.81. The first kappa shape index (κ1) is 17.3. The predicted octanol–water partition coefficient (Wildman–Crippen LogP) is 5.91. The first-order valence-electron chi connectivity index (χ1n) is 6.95. The Morgan fingerprint density at radius 2 is 2.05 bits per heavy atom. The number of hydrogen-bond acceptors (Lipinski definition) is 1. The maximum absolute atomic E-state index is 6.37. The average molecular weight is 479 g/mol. The van der Waals surface area contributed by atoms with Gasteiger partial charge in [-0.2, -0.15) is 0 Å². The van der Waals surface area contributed by atoms with Crippen molar-refractivity contribution < 1.29 is 0 Å². The van der Waals surface area contributed by atoms with Gasteiger partial charge in [-0.25, -0.2) is 0 Å². The third-order valence-electron chi connectivity index (χ3n) is 3.49. The number of likely N-dealkylation sites (N-methyl/N-ethyl adjacent to an activating group) is 1. The van der Waals surface area contributed by atoms with Crippen LogP contribution in [0.2, 0.25) is 5.02 Å². The number of nitrogens with one attached hydrogen (secondary N) is 1. The summed E-state index contributed by atoms with van der Waals surface area (Å²) in [6.45, 7) is 5.22. The molecule has 4 heteroatoms. The normalized spacial score (nSPS) is 12.4. The van der Waals surface area contributed by atoms with Crippen LogP contribution < -0.4 is 5.32 Å². The molecule has 0 fully saturated rings. The standard InChI is InChI=1S/C17H18BrClIN/c1-3-21-16(14-6-4-5-11(2)17(14)20)9-12-7-8-13(18)10-15(12)19/h4-8,10,16,21H,3,9H2,1-2H3. The lowest BCUT2D eigenvalue weighted by molar-refractivity contribution is 0.547. The van der Waals surface area contributed by atoms with Gasteiger partial charge in [0.2, 0.25) is 0 Å². The van der Waals surface area contributed by atoms with Crippen molar-refractivity contribution in [2.75, 3.05) is 6.54 Å². The van der Waals surface area contributed by atoms with Crippen molar-refractivity contribution in [3.8, 4) is 0 Å². The van der Waals surface area contributed by atoms with Crippen LogP contribution >= 0.6 is 50.1 Å². The molecule has 1 atom stereocenters. The fourth-order valence-electron chi connectivity index (χ4n) is 2.38. The molecule has 2 aromatic carbocycles. The lowest BCUT2D eigenvalue weighted by atomic mass is 9.97. The fourth-order valence-corrected chi connectivity index (χ4v) is 3.87. The van der Waals surface area contributed by atoms with E-state index in [2.05, 4.69) is 82.0 Å². The zero-order chi connectivity index (χ0) is 15.4. The second-order valence-electron chi connectivity index (χ2n) is 5.03. The Kier molecular flexibility index (Phi) is 6.53. The number of hydrogen-bond donors (Lipinski definition) is 1. The van der Waals surface area contributed by atoms with Crippen molar-refractivity contribution in [2.45, 2.75) is 26.3 Å². The highest BCUT2D eigenvalue weighted by Crippen LogP contribution is 2.29. The van der Waals surface area contributed by atoms with E-state index in [-0.39, 0.29) is 6.04 Å². The molecule has 0 aliphatic carbocycles. The molecule has 0 saturated heterocycles. The van der Waals surface area contributed by atoms with Crippen LogP contribution in [0.5, 0.6) is 0 Å². The van der Waals surface area contributed by atoms with E-state index in [9.17, 15) is 0 Å². The molecule has 21 heavy (non-hydrogen) atoms. The van der Waals surface area contributed by atoms with E-state index < -0.39 is 0 Å². The summed E-state index contributed by atoms with van der Waals surface area (Å²) < 4.78 is 2.34. The van der Waals surface area contributed by atoms with Crippen molar-refractivity contribution >= 4 is 50.1 Å². The van der Waals surface area contributed by atoms with Gasteiger partial charge in [0.1, 0.15) is 0 Å². The van der Waals surface area contributed by atoms with Gasteiger partial charge in [-0.3, -0.25) is 0 Å². The molecule has 0 heterocycles. The zero-order valence-corrected chi connectivity index (χ0v) is 16.6. The van der Waals surface area contributed by atoms with Crippen molar-refractivity contribution in [1.29, 1.82) is 0 Å². The largest absolute Gasteiger partial charge is 0.310 e. The highest BCUT2D eigenvalue weighted by atomic mass is 127. The molecule has 0 radical (unpaired) electrons. The van der Waals surface area contributed by atoms with Crippen LogP contribution in [0.25, 0.3) is 0 Å². The number of benzene rings is 2. The molecule has 0 amide bonds. The highest BCUT2D eigenvalue weighted by Gasteiger charge is 2.16. The molecule has 2 aromatic rings. The summed E-state index contributed by atoms with van der Waals surface area (Å²) in [4.78, 5) is 0. The average Bonchev–Trinajstić information content (AvgIpc) is 2.44. The molecular weight excluding hydrogens is 460 g/mol. The minimum absolute atomic E-state index is 0.278. The smallest absolute Gasteiger partial charge is 0.0449 e. The second-order valence-corrected chi connectivity index (χ2v) is 7.43. The van der Waals surface area contributed by atoms with E-state index in [0.29, 0.717) is 0 Å². The maximum Gasteiger partial charge on any atom is 0.0449 e. The molecule has 0 aliphatic heterocycles. The quantitative estimate of drug-likeness (QED) is 0.527. The van der Waals surface area contributed by atoms with Gasteiger partial charge in [-0.1, -0.05) is 58.7 Å². The summed E-state index contributed by atoms with van der Waals surface area (Å²) in [5.41, 5.74) is 3.83. The predicted molar refractivity (Wildman–Crippen MR) is 103 cm³/mol. The van der Waals surface area contributed by atoms with Crippen LogP contribution in [0.1, 0.15) is 29.7 Å². The Bertz CT molecular complexity index is 630. The lowest BCUT2D eigenvalue weighted by Gasteiger charge is -2.21. The van der Waals surface area contributed by atoms with Crippen LogP contribution in [0.15, 0.2) is 40.9 Å². The van der Waals surface area contributed by atoms with Gasteiger partial charge in [0.25, 0.3) is 0 Å². The van der Waals surface area contributed by atoms with E-state index in [1.165, 1.54) is 20.3 Å². The summed E-state index contributed by atoms with van der Waals surface area (Å²) in [5, 5.41) is 4.40. The molecule has 1 nitrogen and oxygen atoms in total. The van der Waals surface area contributed by atoms with Gasteiger partial charge in [0, 0.05) is 19.1 Å². The van der Waals surface area contributed by atoms with E-state index in [1.807, 2.05) is 12.1 Å². The molecule has 1 unspecified atom stereocenters. The molecule has 0 aromatic heterocycles. The summed E-state index contributed by atoms with van der Waals surface area (Å²) in [6.07, 6.45) is 0.888. The van der Waals surface area contributed by atoms with Crippen LogP contribution in [0, 0.1) is 10.5 Å². The van der Waals surface area contributed by atoms with Gasteiger partial charge in [-0.15, -0.1) is 0 Å². The fraction of sp³-hybridized carbons (Fsp3) is 0.294. The molecule has 2 rings (SSSR count). The molecule has 112 valence electrons. The van der Waals surface area contributed by atoms with Crippen LogP contribution in [0.3, 0.4) is 0 Å². The number of rotatable bonds is 5. The molecule has 0 saturated carbocycles. The number of halogens is 3. The topological polar surface area (TPSA) is 12.0 Å². The van der Waals surface area contributed by atoms with Gasteiger partial charge in [-0.05, 0) is 71.3 Å². The molecule has 1 N–H and O–H groups in total. The molecular formula is C17H18BrClIN. The van der Waals surface area contributed by atoms with Gasteiger partial charge < -0.3 is 5.32 Å². The van der Waals surface area contributed by atoms with Crippen LogP contribution in [-0.4, -0.2) is 6.54 Å². The SMILES string of the molecule is CCNC(Cc1ccc(Br)cc1Cl)c1cccc(C)c1I. The first-order valence-corrected chi connectivity index (χ1v) is 9.20. The van der Waals surface area contributed by atoms with E-state index in [1.54, 1.807) is 0 Å². The van der Waals surface area contributed by atoms with Gasteiger partial charge in [0.15, 0.2) is 0 Å². The van der Waals surface area contributed by atoms with E-state index >= 15 is 0 Å². The number of aryl methyl sites for hydroxylation is 1. The van der Waals surface area contributed by atoms with Gasteiger partial charge in [0.05, 0.1) is 0 Å². The molecule has 0 spiro atoms. The lowest BCUT2D eigenvalue weighted by Crippen LogP contribution is -2.24. The first-order chi connectivity index (χ1) is 10.0. The summed E-state index contributed by atoms with van der Waals surface area (Å²) >= 11 is 12.3. The Hall–Kier alpha value is -0.100. The Morgan fingerprint density at radius 1 is 1.29 bits per heavy atom. The van der Waals surface area contributed by atoms with E-state index in [0.717, 1.165) is 22.5 Å². The van der Waals surface area contributed by atoms with Crippen molar-refractivity contribution in [2.24, 2.45) is 0 Å². The summed E-state index contributed by atoms with van der Waals surface area (Å²) in [6, 6.07) is 12.9. The summed E-state index contributed by atoms with van der Waals surface area (Å²) in [7, 11) is 0. The second kappa shape index (κ2) is 7.95. The Labute approximate surface area is 153 Å². The van der Waals surface area contributed by atoms with Crippen molar-refractivity contribution in [3.05, 3.63) is 66.2 Å². The zero-order valence-electron chi connectivity index (χ0n) is 12.1. The van der Waals surface area contributed by atoms with Crippen molar-refractivity contribution in [1.82, 2.24) is 5.32 Å². The minimum Gasteiger partial charge on any atom is -0.310 e. The van der Waals surface area contributed by atoms with Crippen LogP contribution in [0.4, 0.5) is 0 Å². The molecule has 0 bridgehead atoms. The summed E-state index contributed by atoms with van der Waals surface area (Å²) in [5.74, 6) is 0. The van der Waals surface area contributed by atoms with E-state index in [4.69, 9.17) is 11.6 Å². The van der Waals surface area contributed by atoms with Gasteiger partial charge >= 0.3 is 0 Å². The minimum atomic E-state index is 0.278. The highest BCUT2D eigenvalue weighted by molar-refractivity contribution is 14.1. The van der Waals surface area contributed by atoms with Crippen molar-refractivity contribution in [3.63, 3.8) is 0 Å². The van der Waals surface area contributed by atoms with Crippen LogP contribution in [-0.2, 0) is 6.42 Å². The monoisotopic (exact) mass is 477 g/mol. The third kappa shape index (κ3) is 4.44.